The number of benzene rings is 2. The normalized spacial score (nSPS) is 12.0. The van der Waals surface area contributed by atoms with Crippen LogP contribution in [0, 0.1) is 0 Å². The van der Waals surface area contributed by atoms with Gasteiger partial charge in [-0.1, -0.05) is 64.9 Å². The number of amides is 1. The molecular formula is C19H18Cl2N2O2S. The van der Waals surface area contributed by atoms with Gasteiger partial charge in [-0.05, 0) is 24.6 Å². The van der Waals surface area contributed by atoms with Gasteiger partial charge in [0.2, 0.25) is 0 Å². The lowest BCUT2D eigenvalue weighted by atomic mass is 10.1. The Balaban J connectivity index is 2.01. The van der Waals surface area contributed by atoms with E-state index in [1.807, 2.05) is 47.9 Å². The zero-order valence-corrected chi connectivity index (χ0v) is 16.6. The summed E-state index contributed by atoms with van der Waals surface area (Å²) in [6.07, 6.45) is 0.259. The van der Waals surface area contributed by atoms with Gasteiger partial charge in [0.05, 0.1) is 28.3 Å². The van der Waals surface area contributed by atoms with E-state index in [1.165, 1.54) is 11.3 Å². The first-order valence-corrected chi connectivity index (χ1v) is 9.83. The maximum Gasteiger partial charge on any atom is 0.252 e. The van der Waals surface area contributed by atoms with Gasteiger partial charge in [-0.25, -0.2) is 0 Å². The maximum absolute atomic E-state index is 12.4. The molecule has 1 amide bonds. The monoisotopic (exact) mass is 408 g/mol. The van der Waals surface area contributed by atoms with E-state index in [0.29, 0.717) is 34.6 Å². The molecule has 1 heterocycles. The van der Waals surface area contributed by atoms with E-state index in [2.05, 4.69) is 4.99 Å². The smallest absolute Gasteiger partial charge is 0.252 e. The van der Waals surface area contributed by atoms with Crippen molar-refractivity contribution < 1.29 is 9.53 Å². The van der Waals surface area contributed by atoms with Crippen molar-refractivity contribution in [1.82, 2.24) is 4.57 Å². The third-order valence-electron chi connectivity index (χ3n) is 3.78. The molecule has 0 spiro atoms. The molecule has 26 heavy (non-hydrogen) atoms. The SMILES string of the molecule is CCOCCn1c(=NC(=O)Cc2ccccc2)sc2cc(Cl)cc(Cl)c21. The van der Waals surface area contributed by atoms with Gasteiger partial charge in [-0.2, -0.15) is 4.99 Å². The Morgan fingerprint density at radius 3 is 2.73 bits per heavy atom. The predicted molar refractivity (Wildman–Crippen MR) is 107 cm³/mol. The highest BCUT2D eigenvalue weighted by atomic mass is 35.5. The van der Waals surface area contributed by atoms with E-state index in [9.17, 15) is 4.79 Å². The number of rotatable bonds is 6. The lowest BCUT2D eigenvalue weighted by Gasteiger charge is -2.07. The molecule has 1 aromatic heterocycles. The third kappa shape index (κ3) is 4.54. The zero-order valence-electron chi connectivity index (χ0n) is 14.2. The molecule has 0 bridgehead atoms. The van der Waals surface area contributed by atoms with Crippen LogP contribution in [0.4, 0.5) is 0 Å². The van der Waals surface area contributed by atoms with Gasteiger partial charge < -0.3 is 9.30 Å². The van der Waals surface area contributed by atoms with E-state index in [0.717, 1.165) is 15.8 Å². The molecule has 136 valence electrons. The van der Waals surface area contributed by atoms with Crippen molar-refractivity contribution in [3.63, 3.8) is 0 Å². The zero-order chi connectivity index (χ0) is 18.5. The number of carbonyl (C=O) groups is 1. The summed E-state index contributed by atoms with van der Waals surface area (Å²) < 4.78 is 8.28. The van der Waals surface area contributed by atoms with Gasteiger partial charge in [-0.15, -0.1) is 0 Å². The highest BCUT2D eigenvalue weighted by Crippen LogP contribution is 2.29. The van der Waals surface area contributed by atoms with Gasteiger partial charge in [0, 0.05) is 18.2 Å². The highest BCUT2D eigenvalue weighted by molar-refractivity contribution is 7.16. The minimum atomic E-state index is -0.199. The molecule has 0 aliphatic heterocycles. The van der Waals surface area contributed by atoms with Crippen LogP contribution in [0.3, 0.4) is 0 Å². The largest absolute Gasteiger partial charge is 0.380 e. The molecule has 0 aliphatic carbocycles. The van der Waals surface area contributed by atoms with Crippen LogP contribution >= 0.6 is 34.5 Å². The van der Waals surface area contributed by atoms with Crippen LogP contribution in [0.1, 0.15) is 12.5 Å². The Hall–Kier alpha value is -1.66. The Bertz CT molecular complexity index is 980. The molecule has 2 aromatic carbocycles. The van der Waals surface area contributed by atoms with Crippen molar-refractivity contribution in [2.45, 2.75) is 19.9 Å². The molecule has 0 unspecified atom stereocenters. The average molecular weight is 409 g/mol. The van der Waals surface area contributed by atoms with E-state index in [4.69, 9.17) is 27.9 Å². The van der Waals surface area contributed by atoms with Crippen LogP contribution in [0.2, 0.25) is 10.0 Å². The molecular weight excluding hydrogens is 391 g/mol. The number of halogens is 2. The molecule has 0 saturated carbocycles. The topological polar surface area (TPSA) is 43.6 Å². The van der Waals surface area contributed by atoms with Gasteiger partial charge >= 0.3 is 0 Å². The molecule has 0 atom stereocenters. The number of thiazole rings is 1. The van der Waals surface area contributed by atoms with Crippen LogP contribution in [0.15, 0.2) is 47.5 Å². The Labute approximate surface area is 165 Å². The van der Waals surface area contributed by atoms with Crippen LogP contribution in [0.5, 0.6) is 0 Å². The van der Waals surface area contributed by atoms with Gasteiger partial charge in [-0.3, -0.25) is 4.79 Å². The number of hydrogen-bond donors (Lipinski definition) is 0. The number of ether oxygens (including phenoxy) is 1. The van der Waals surface area contributed by atoms with Crippen molar-refractivity contribution >= 4 is 50.7 Å². The van der Waals surface area contributed by atoms with Crippen LogP contribution in [-0.4, -0.2) is 23.7 Å². The first kappa shape index (κ1) is 19.1. The highest BCUT2D eigenvalue weighted by Gasteiger charge is 2.12. The summed E-state index contributed by atoms with van der Waals surface area (Å²) in [7, 11) is 0. The fourth-order valence-corrected chi connectivity index (χ4v) is 4.49. The fourth-order valence-electron chi connectivity index (χ4n) is 2.64. The van der Waals surface area contributed by atoms with E-state index >= 15 is 0 Å². The van der Waals surface area contributed by atoms with Crippen molar-refractivity contribution in [1.29, 1.82) is 0 Å². The Morgan fingerprint density at radius 2 is 2.00 bits per heavy atom. The average Bonchev–Trinajstić information content (AvgIpc) is 2.93. The minimum absolute atomic E-state index is 0.199. The Morgan fingerprint density at radius 1 is 1.23 bits per heavy atom. The van der Waals surface area contributed by atoms with Gasteiger partial charge in [0.25, 0.3) is 5.91 Å². The predicted octanol–water partition coefficient (Wildman–Crippen LogP) is 4.72. The third-order valence-corrected chi connectivity index (χ3v) is 5.31. The number of fused-ring (bicyclic) bond motifs is 1. The summed E-state index contributed by atoms with van der Waals surface area (Å²) in [6, 6.07) is 13.1. The first-order chi connectivity index (χ1) is 12.6. The van der Waals surface area contributed by atoms with Crippen molar-refractivity contribution in [2.75, 3.05) is 13.2 Å². The molecule has 7 heteroatoms. The summed E-state index contributed by atoms with van der Waals surface area (Å²) in [5.74, 6) is -0.199. The van der Waals surface area contributed by atoms with Crippen LogP contribution in [-0.2, 0) is 22.5 Å². The lowest BCUT2D eigenvalue weighted by molar-refractivity contribution is -0.117. The number of nitrogens with zero attached hydrogens (tertiary/aromatic N) is 2. The molecule has 0 radical (unpaired) electrons. The maximum atomic E-state index is 12.4. The minimum Gasteiger partial charge on any atom is -0.380 e. The van der Waals surface area contributed by atoms with E-state index in [1.54, 1.807) is 6.07 Å². The quantitative estimate of drug-likeness (QED) is 0.553. The summed E-state index contributed by atoms with van der Waals surface area (Å²) in [5.41, 5.74) is 1.76. The molecule has 4 nitrogen and oxygen atoms in total. The van der Waals surface area contributed by atoms with Crippen molar-refractivity contribution in [3.8, 4) is 0 Å². The summed E-state index contributed by atoms with van der Waals surface area (Å²) in [4.78, 5) is 17.4. The van der Waals surface area contributed by atoms with Crippen LogP contribution < -0.4 is 4.80 Å². The summed E-state index contributed by atoms with van der Waals surface area (Å²) >= 11 is 13.9. The van der Waals surface area contributed by atoms with Gasteiger partial charge in [0.15, 0.2) is 4.80 Å². The van der Waals surface area contributed by atoms with E-state index in [-0.39, 0.29) is 12.3 Å². The Kier molecular flexibility index (Phi) is 6.48. The van der Waals surface area contributed by atoms with Crippen molar-refractivity contribution in [3.05, 3.63) is 62.9 Å². The lowest BCUT2D eigenvalue weighted by Crippen LogP contribution is -2.20. The molecule has 0 N–H and O–H groups in total. The fraction of sp³-hybridized carbons (Fsp3) is 0.263. The molecule has 0 aliphatic rings. The van der Waals surface area contributed by atoms with Crippen molar-refractivity contribution in [2.24, 2.45) is 4.99 Å². The second-order valence-corrected chi connectivity index (χ2v) is 7.49. The number of hydrogen-bond acceptors (Lipinski definition) is 3. The molecule has 3 aromatic rings. The molecule has 0 fully saturated rings. The second-order valence-electron chi connectivity index (χ2n) is 5.64. The standard InChI is InChI=1S/C19H18Cl2N2O2S/c1-2-25-9-8-23-18-15(21)11-14(20)12-16(18)26-19(23)22-17(24)10-13-6-4-3-5-7-13/h3-7,11-12H,2,8-10H2,1H3. The molecule has 3 rings (SSSR count). The summed E-state index contributed by atoms with van der Waals surface area (Å²) in [6.45, 7) is 3.65. The van der Waals surface area contributed by atoms with E-state index < -0.39 is 0 Å². The molecule has 0 saturated heterocycles. The second kappa shape index (κ2) is 8.82. The first-order valence-electron chi connectivity index (χ1n) is 8.26. The summed E-state index contributed by atoms with van der Waals surface area (Å²) in [5, 5.41) is 1.10. The number of aromatic nitrogens is 1. The van der Waals surface area contributed by atoms with Gasteiger partial charge in [0.1, 0.15) is 0 Å². The number of carbonyl (C=O) groups excluding carboxylic acids is 1. The van der Waals surface area contributed by atoms with Crippen LogP contribution in [0.25, 0.3) is 10.2 Å².